The molecule has 1 amide bonds. The van der Waals surface area contributed by atoms with Crippen molar-refractivity contribution in [3.8, 4) is 0 Å². The van der Waals surface area contributed by atoms with Crippen LogP contribution in [0.25, 0.3) is 11.1 Å². The highest BCUT2D eigenvalue weighted by Gasteiger charge is 2.38. The lowest BCUT2D eigenvalue weighted by molar-refractivity contribution is -0.158. The minimum atomic E-state index is -1.56. The number of carbonyl (C=O) groups is 3. The van der Waals surface area contributed by atoms with Gasteiger partial charge in [-0.15, -0.1) is 0 Å². The summed E-state index contributed by atoms with van der Waals surface area (Å²) in [5.41, 5.74) is 0.984. The molecule has 0 aliphatic carbocycles. The molecule has 12 heteroatoms. The molecule has 2 N–H and O–H groups in total. The van der Waals surface area contributed by atoms with Crippen LogP contribution in [0.3, 0.4) is 0 Å². The Morgan fingerprint density at radius 3 is 1.72 bits per heavy atom. The molecule has 0 saturated carbocycles. The average Bonchev–Trinajstić information content (AvgIpc) is 3.79. The van der Waals surface area contributed by atoms with Crippen LogP contribution < -0.4 is 5.32 Å². The predicted molar refractivity (Wildman–Crippen MR) is 200 cm³/mol. The van der Waals surface area contributed by atoms with E-state index in [1.165, 1.54) is 51.7 Å². The SMILES string of the molecule is CC(=O)OC(C)(C)C(=O)Cl.CC(C)(O)C(=O)N1CC(c2cc(F)ccc2F)=CC1c1ccccc1.Fc1ccc(F)c(C2=CC(c3ccccc3)NC2)c1. The molecule has 7 nitrogen and oxygen atoms in total. The number of carbonyl (C=O) groups excluding carboxylic acids is 3. The van der Waals surface area contributed by atoms with Crippen molar-refractivity contribution in [2.45, 2.75) is 57.9 Å². The van der Waals surface area contributed by atoms with Crippen molar-refractivity contribution in [3.63, 3.8) is 0 Å². The fourth-order valence-corrected chi connectivity index (χ4v) is 5.79. The van der Waals surface area contributed by atoms with Gasteiger partial charge in [0.25, 0.3) is 11.1 Å². The summed E-state index contributed by atoms with van der Waals surface area (Å²) in [7, 11) is 0. The lowest BCUT2D eigenvalue weighted by Crippen LogP contribution is -2.45. The van der Waals surface area contributed by atoms with Gasteiger partial charge in [0, 0.05) is 31.1 Å². The van der Waals surface area contributed by atoms with Gasteiger partial charge in [0.1, 0.15) is 28.9 Å². The van der Waals surface area contributed by atoms with Crippen molar-refractivity contribution >= 4 is 39.9 Å². The second-order valence-corrected chi connectivity index (χ2v) is 14.0. The van der Waals surface area contributed by atoms with Gasteiger partial charge in [0.15, 0.2) is 5.60 Å². The van der Waals surface area contributed by atoms with Crippen LogP contribution in [0.5, 0.6) is 0 Å². The molecular weight excluding hydrogens is 724 g/mol. The first-order valence-electron chi connectivity index (χ1n) is 17.0. The minimum Gasteiger partial charge on any atom is -0.450 e. The molecule has 2 heterocycles. The highest BCUT2D eigenvalue weighted by molar-refractivity contribution is 6.65. The number of nitrogens with one attached hydrogen (secondary N) is 1. The van der Waals surface area contributed by atoms with Crippen molar-refractivity contribution in [1.29, 1.82) is 0 Å². The van der Waals surface area contributed by atoms with Crippen molar-refractivity contribution in [3.05, 3.63) is 155 Å². The van der Waals surface area contributed by atoms with E-state index in [1.807, 2.05) is 66.7 Å². The molecule has 54 heavy (non-hydrogen) atoms. The summed E-state index contributed by atoms with van der Waals surface area (Å²) < 4.78 is 59.2. The van der Waals surface area contributed by atoms with Crippen LogP contribution >= 0.6 is 11.6 Å². The normalized spacial score (nSPS) is 16.6. The molecule has 0 radical (unpaired) electrons. The second kappa shape index (κ2) is 17.8. The lowest BCUT2D eigenvalue weighted by Gasteiger charge is -2.30. The van der Waals surface area contributed by atoms with Gasteiger partial charge < -0.3 is 20.1 Å². The first-order chi connectivity index (χ1) is 25.4. The van der Waals surface area contributed by atoms with E-state index in [2.05, 4.69) is 10.1 Å². The van der Waals surface area contributed by atoms with E-state index >= 15 is 0 Å². The van der Waals surface area contributed by atoms with E-state index in [-0.39, 0.29) is 24.0 Å². The van der Waals surface area contributed by atoms with Gasteiger partial charge in [-0.05, 0) is 98.0 Å². The third-order valence-electron chi connectivity index (χ3n) is 8.42. The molecule has 6 rings (SSSR count). The molecule has 0 aromatic heterocycles. The topological polar surface area (TPSA) is 95.9 Å². The molecule has 4 aromatic rings. The molecule has 0 fully saturated rings. The number of hydrogen-bond donors (Lipinski definition) is 2. The number of esters is 1. The first kappa shape index (κ1) is 41.7. The molecular formula is C42H41ClF4N2O5. The molecule has 0 spiro atoms. The Balaban J connectivity index is 0.000000198. The summed E-state index contributed by atoms with van der Waals surface area (Å²) in [4.78, 5) is 35.0. The van der Waals surface area contributed by atoms with Crippen molar-refractivity contribution in [1.82, 2.24) is 10.2 Å². The summed E-state index contributed by atoms with van der Waals surface area (Å²) >= 11 is 5.10. The summed E-state index contributed by atoms with van der Waals surface area (Å²) in [5, 5.41) is 12.7. The van der Waals surface area contributed by atoms with Gasteiger partial charge in [0.2, 0.25) is 0 Å². The van der Waals surface area contributed by atoms with E-state index in [9.17, 15) is 37.1 Å². The first-order valence-corrected chi connectivity index (χ1v) is 17.3. The molecule has 2 unspecified atom stereocenters. The van der Waals surface area contributed by atoms with Crippen molar-refractivity contribution in [2.24, 2.45) is 0 Å². The summed E-state index contributed by atoms with van der Waals surface area (Å²) in [6.45, 7) is 7.56. The zero-order valence-electron chi connectivity index (χ0n) is 30.4. The lowest BCUT2D eigenvalue weighted by atomic mass is 10.0. The van der Waals surface area contributed by atoms with Gasteiger partial charge >= 0.3 is 5.97 Å². The fraction of sp³-hybridized carbons (Fsp3) is 0.262. The summed E-state index contributed by atoms with van der Waals surface area (Å²) in [6, 6.07) is 25.6. The molecule has 284 valence electrons. The van der Waals surface area contributed by atoms with E-state index in [4.69, 9.17) is 11.6 Å². The van der Waals surface area contributed by atoms with Crippen LogP contribution in [0, 0.1) is 23.3 Å². The Bertz CT molecular complexity index is 2030. The Kier molecular flexibility index (Phi) is 13.7. The number of hydrogen-bond acceptors (Lipinski definition) is 6. The maximum absolute atomic E-state index is 14.2. The van der Waals surface area contributed by atoms with E-state index in [0.29, 0.717) is 17.7 Å². The van der Waals surface area contributed by atoms with Gasteiger partial charge in [-0.1, -0.05) is 72.8 Å². The zero-order valence-corrected chi connectivity index (χ0v) is 31.1. The van der Waals surface area contributed by atoms with E-state index < -0.39 is 51.8 Å². The highest BCUT2D eigenvalue weighted by Crippen LogP contribution is 2.37. The Morgan fingerprint density at radius 2 is 1.26 bits per heavy atom. The summed E-state index contributed by atoms with van der Waals surface area (Å²) in [5.74, 6) is -2.87. The van der Waals surface area contributed by atoms with Crippen LogP contribution in [-0.2, 0) is 19.1 Å². The highest BCUT2D eigenvalue weighted by atomic mass is 35.5. The number of nitrogens with zero attached hydrogens (tertiary/aromatic N) is 1. The van der Waals surface area contributed by atoms with E-state index in [0.717, 1.165) is 41.0 Å². The maximum Gasteiger partial charge on any atom is 0.303 e. The van der Waals surface area contributed by atoms with Crippen molar-refractivity contribution in [2.75, 3.05) is 13.1 Å². The van der Waals surface area contributed by atoms with Gasteiger partial charge in [-0.25, -0.2) is 17.6 Å². The number of amides is 1. The van der Waals surface area contributed by atoms with E-state index in [1.54, 1.807) is 6.08 Å². The number of aliphatic hydroxyl groups is 1. The van der Waals surface area contributed by atoms with Crippen LogP contribution in [-0.4, -0.2) is 51.4 Å². The molecule has 0 saturated heterocycles. The van der Waals surface area contributed by atoms with Gasteiger partial charge in [-0.3, -0.25) is 14.4 Å². The number of halogens is 5. The van der Waals surface area contributed by atoms with Gasteiger partial charge in [-0.2, -0.15) is 0 Å². The maximum atomic E-state index is 14.2. The number of benzene rings is 4. The molecule has 2 atom stereocenters. The zero-order chi connectivity index (χ0) is 39.8. The molecule has 0 bridgehead atoms. The molecule has 2 aliphatic rings. The number of rotatable bonds is 7. The monoisotopic (exact) mass is 764 g/mol. The third kappa shape index (κ3) is 11.0. The average molecular weight is 765 g/mol. The van der Waals surface area contributed by atoms with Crippen LogP contribution in [0.15, 0.2) is 109 Å². The van der Waals surface area contributed by atoms with Crippen LogP contribution in [0.2, 0.25) is 0 Å². The summed E-state index contributed by atoms with van der Waals surface area (Å²) in [6.07, 6.45) is 3.70. The fourth-order valence-electron chi connectivity index (χ4n) is 5.75. The second-order valence-electron chi connectivity index (χ2n) is 13.6. The standard InChI is InChI=1S/C20H19F2NO2.C16H13F2N.C6H9ClO3/c1-20(2,25)19(24)23-12-14(16-11-15(21)8-9-17(16)22)10-18(23)13-6-4-3-5-7-13;17-13-6-7-15(18)14(9-13)12-8-16(19-10-12)11-4-2-1-3-5-11;1-4(8)10-6(2,3)5(7)9/h3-11,18,25H,12H2,1-2H3;1-9,16,19H,10H2;1-3H3. The smallest absolute Gasteiger partial charge is 0.303 e. The Hall–Kier alpha value is -5.10. The predicted octanol–water partition coefficient (Wildman–Crippen LogP) is 8.49. The largest absolute Gasteiger partial charge is 0.450 e. The van der Waals surface area contributed by atoms with Crippen LogP contribution in [0.1, 0.15) is 69.0 Å². The quantitative estimate of drug-likeness (QED) is 0.111. The van der Waals surface area contributed by atoms with Crippen LogP contribution in [0.4, 0.5) is 17.6 Å². The molecule has 4 aromatic carbocycles. The Morgan fingerprint density at radius 1 is 0.759 bits per heavy atom. The van der Waals surface area contributed by atoms with Crippen molar-refractivity contribution < 1.29 is 41.8 Å². The number of ether oxygens (including phenoxy) is 1. The minimum absolute atomic E-state index is 0.0545. The Labute approximate surface area is 316 Å². The molecule has 2 aliphatic heterocycles. The van der Waals surface area contributed by atoms with Gasteiger partial charge in [0.05, 0.1) is 12.1 Å². The third-order valence-corrected chi connectivity index (χ3v) is 8.88.